The standard InChI is InChI=1S/C12H8.Ir/c1-3-7-11(8-4-1)12-9-5-2-6-10-12;/h1-7,9H;. The van der Waals surface area contributed by atoms with Crippen LogP contribution in [0.25, 0.3) is 5.57 Å². The first kappa shape index (κ1) is 10.1. The molecule has 0 atom stereocenters. The van der Waals surface area contributed by atoms with Crippen LogP contribution in [0.3, 0.4) is 0 Å². The Balaban J connectivity index is 0.000000845. The van der Waals surface area contributed by atoms with E-state index in [-0.39, 0.29) is 20.1 Å². The van der Waals surface area contributed by atoms with Crippen molar-refractivity contribution in [2.75, 3.05) is 0 Å². The van der Waals surface area contributed by atoms with E-state index in [1.807, 2.05) is 48.6 Å². The summed E-state index contributed by atoms with van der Waals surface area (Å²) in [6.07, 6.45) is 11.1. The number of hydrogen-bond acceptors (Lipinski definition) is 0. The Kier molecular flexibility index (Phi) is 3.79. The van der Waals surface area contributed by atoms with Gasteiger partial charge in [0, 0.05) is 32.3 Å². The Labute approximate surface area is 92.0 Å². The topological polar surface area (TPSA) is 0 Å². The fourth-order valence-electron chi connectivity index (χ4n) is 1.12. The summed E-state index contributed by atoms with van der Waals surface area (Å²) in [6.45, 7) is 0. The summed E-state index contributed by atoms with van der Waals surface area (Å²) < 4.78 is 0. The molecule has 0 fully saturated rings. The largest absolute Gasteiger partial charge is 0.141 e. The molecule has 0 bridgehead atoms. The van der Waals surface area contributed by atoms with E-state index in [1.54, 1.807) is 0 Å². The quantitative estimate of drug-likeness (QED) is 0.688. The van der Waals surface area contributed by atoms with Crippen LogP contribution in [0.15, 0.2) is 48.6 Å². The van der Waals surface area contributed by atoms with E-state index in [2.05, 4.69) is 12.1 Å². The van der Waals surface area contributed by atoms with E-state index >= 15 is 0 Å². The Morgan fingerprint density at radius 2 is 2.08 bits per heavy atom. The van der Waals surface area contributed by atoms with Crippen LogP contribution >= 0.6 is 0 Å². The number of allylic oxidation sites excluding steroid dienone is 6. The van der Waals surface area contributed by atoms with Crippen LogP contribution in [0.5, 0.6) is 0 Å². The van der Waals surface area contributed by atoms with Crippen LogP contribution in [-0.2, 0) is 20.1 Å². The second-order valence-electron chi connectivity index (χ2n) is 2.55. The van der Waals surface area contributed by atoms with Crippen LogP contribution in [0.4, 0.5) is 0 Å². The van der Waals surface area contributed by atoms with Crippen molar-refractivity contribution in [3.63, 3.8) is 0 Å². The Hall–Kier alpha value is -1.00. The maximum Gasteiger partial charge on any atom is 0.0742 e. The molecule has 0 unspecified atom stereocenters. The van der Waals surface area contributed by atoms with Gasteiger partial charge >= 0.3 is 0 Å². The molecule has 1 aromatic rings. The molecule has 0 saturated carbocycles. The minimum Gasteiger partial charge on any atom is -0.141 e. The molecule has 0 amide bonds. The first-order valence-corrected chi connectivity index (χ1v) is 3.90. The van der Waals surface area contributed by atoms with E-state index in [0.717, 1.165) is 11.1 Å². The molecule has 0 spiro atoms. The fourth-order valence-corrected chi connectivity index (χ4v) is 1.12. The third-order valence-corrected chi connectivity index (χ3v) is 1.71. The fraction of sp³-hybridized carbons (Fsp3) is 0. The number of hydrogen-bond donors (Lipinski definition) is 0. The van der Waals surface area contributed by atoms with Gasteiger partial charge in [0.25, 0.3) is 0 Å². The van der Waals surface area contributed by atoms with Gasteiger partial charge in [0.2, 0.25) is 0 Å². The van der Waals surface area contributed by atoms with Gasteiger partial charge in [-0.05, 0) is 12.2 Å². The van der Waals surface area contributed by atoms with Crippen molar-refractivity contribution in [1.29, 1.82) is 0 Å². The summed E-state index contributed by atoms with van der Waals surface area (Å²) in [7, 11) is 0. The molecule has 0 aliphatic heterocycles. The molecule has 0 N–H and O–H groups in total. The Morgan fingerprint density at radius 1 is 1.15 bits per heavy atom. The first-order valence-electron chi connectivity index (χ1n) is 3.90. The maximum absolute atomic E-state index is 3.15. The summed E-state index contributed by atoms with van der Waals surface area (Å²) in [5.41, 5.74) is 2.19. The van der Waals surface area contributed by atoms with Crippen LogP contribution in [0.1, 0.15) is 5.56 Å². The van der Waals surface area contributed by atoms with Crippen molar-refractivity contribution < 1.29 is 20.1 Å². The summed E-state index contributed by atoms with van der Waals surface area (Å²) in [5, 5.41) is 0. The summed E-state index contributed by atoms with van der Waals surface area (Å²) >= 11 is 0. The summed E-state index contributed by atoms with van der Waals surface area (Å²) in [6, 6.07) is 11.1. The van der Waals surface area contributed by atoms with Gasteiger partial charge in [0.05, 0.1) is 11.6 Å². The molecular formula is C12H8Ir. The summed E-state index contributed by atoms with van der Waals surface area (Å²) in [5.74, 6) is 0. The molecule has 13 heavy (non-hydrogen) atoms. The predicted octanol–water partition coefficient (Wildman–Crippen LogP) is 2.80. The van der Waals surface area contributed by atoms with Crippen molar-refractivity contribution in [3.05, 3.63) is 66.3 Å². The van der Waals surface area contributed by atoms with Crippen LogP contribution in [0, 0.1) is 12.1 Å². The van der Waals surface area contributed by atoms with E-state index < -0.39 is 0 Å². The second-order valence-corrected chi connectivity index (χ2v) is 2.55. The normalized spacial score (nSPS) is 12.8. The molecule has 1 heteroatoms. The van der Waals surface area contributed by atoms with Gasteiger partial charge < -0.3 is 0 Å². The van der Waals surface area contributed by atoms with Crippen molar-refractivity contribution in [3.8, 4) is 0 Å². The van der Waals surface area contributed by atoms with E-state index in [4.69, 9.17) is 0 Å². The van der Waals surface area contributed by atoms with Crippen LogP contribution in [0.2, 0.25) is 0 Å². The zero-order valence-corrected chi connectivity index (χ0v) is 9.35. The summed E-state index contributed by atoms with van der Waals surface area (Å²) in [4.78, 5) is 0. The average molecular weight is 344 g/mol. The zero-order chi connectivity index (χ0) is 8.23. The van der Waals surface area contributed by atoms with Crippen molar-refractivity contribution >= 4 is 5.57 Å². The average Bonchev–Trinajstić information content (AvgIpc) is 2.21. The van der Waals surface area contributed by atoms with Gasteiger partial charge in [-0.3, -0.25) is 0 Å². The predicted molar refractivity (Wildman–Crippen MR) is 50.2 cm³/mol. The van der Waals surface area contributed by atoms with Crippen molar-refractivity contribution in [1.82, 2.24) is 0 Å². The maximum atomic E-state index is 3.15. The van der Waals surface area contributed by atoms with Gasteiger partial charge in [0.15, 0.2) is 0 Å². The van der Waals surface area contributed by atoms with Crippen molar-refractivity contribution in [2.24, 2.45) is 0 Å². The molecule has 1 radical (unpaired) electrons. The van der Waals surface area contributed by atoms with Crippen LogP contribution in [-0.4, -0.2) is 0 Å². The van der Waals surface area contributed by atoms with Crippen LogP contribution < -0.4 is 0 Å². The molecule has 2 rings (SSSR count). The zero-order valence-electron chi connectivity index (χ0n) is 6.95. The van der Waals surface area contributed by atoms with Gasteiger partial charge in [-0.15, -0.1) is 24.3 Å². The molecule has 0 nitrogen and oxygen atoms in total. The third-order valence-electron chi connectivity index (χ3n) is 1.71. The van der Waals surface area contributed by atoms with Crippen molar-refractivity contribution in [2.45, 2.75) is 0 Å². The molecule has 1 aliphatic carbocycles. The molecule has 65 valence electrons. The van der Waals surface area contributed by atoms with E-state index in [0.29, 0.717) is 0 Å². The second kappa shape index (κ2) is 4.89. The molecule has 0 heterocycles. The first-order chi connectivity index (χ1) is 5.97. The van der Waals surface area contributed by atoms with Gasteiger partial charge in [-0.25, -0.2) is 0 Å². The minimum atomic E-state index is 0. The molecular weight excluding hydrogens is 336 g/mol. The molecule has 1 aromatic carbocycles. The number of benzene rings is 1. The number of rotatable bonds is 1. The molecule has 0 aromatic heterocycles. The molecule has 0 saturated heterocycles. The smallest absolute Gasteiger partial charge is 0.0742 e. The van der Waals surface area contributed by atoms with Gasteiger partial charge in [-0.2, -0.15) is 0 Å². The Morgan fingerprint density at radius 3 is 2.69 bits per heavy atom. The van der Waals surface area contributed by atoms with Gasteiger partial charge in [0.1, 0.15) is 0 Å². The Bertz CT molecular complexity index is 345. The third kappa shape index (κ3) is 2.47. The minimum absolute atomic E-state index is 0. The molecule has 1 aliphatic rings. The monoisotopic (exact) mass is 345 g/mol. The van der Waals surface area contributed by atoms with Gasteiger partial charge in [-0.1, -0.05) is 11.6 Å². The SMILES string of the molecule is [C+]1=CC=CC=C1c1[c-]cccc1.[Ir]. The van der Waals surface area contributed by atoms with E-state index in [1.165, 1.54) is 0 Å². The van der Waals surface area contributed by atoms with E-state index in [9.17, 15) is 0 Å².